The topological polar surface area (TPSA) is 59.5 Å². The maximum Gasteiger partial charge on any atom is 0.243 e. The molecule has 1 unspecified atom stereocenters. The molecule has 3 rings (SSSR count). The van der Waals surface area contributed by atoms with Gasteiger partial charge < -0.3 is 4.74 Å². The fourth-order valence-electron chi connectivity index (χ4n) is 2.68. The molecule has 1 saturated heterocycles. The van der Waals surface area contributed by atoms with Gasteiger partial charge in [0.2, 0.25) is 10.0 Å². The standard InChI is InChI=1S/C15H18N2O3S2/c1-2-20-12-5-7-13(8-6-12)22(18,19)17-10-3-4-14(17)15-16-9-11-21-15/h5-9,11,14H,2-4,10H2,1H3. The summed E-state index contributed by atoms with van der Waals surface area (Å²) in [5.41, 5.74) is 0. The maximum absolute atomic E-state index is 12.9. The van der Waals surface area contributed by atoms with Gasteiger partial charge >= 0.3 is 0 Å². The first-order valence-corrected chi connectivity index (χ1v) is 9.59. The van der Waals surface area contributed by atoms with Gasteiger partial charge in [-0.05, 0) is 44.0 Å². The van der Waals surface area contributed by atoms with Crippen molar-refractivity contribution in [3.63, 3.8) is 0 Å². The average Bonchev–Trinajstić information content (AvgIpc) is 3.19. The van der Waals surface area contributed by atoms with E-state index in [2.05, 4.69) is 4.98 Å². The number of sulfonamides is 1. The lowest BCUT2D eigenvalue weighted by Gasteiger charge is -2.22. The zero-order valence-corrected chi connectivity index (χ0v) is 13.9. The fraction of sp³-hybridized carbons (Fsp3) is 0.400. The van der Waals surface area contributed by atoms with E-state index >= 15 is 0 Å². The molecule has 1 atom stereocenters. The van der Waals surface area contributed by atoms with E-state index in [9.17, 15) is 8.42 Å². The van der Waals surface area contributed by atoms with Gasteiger partial charge in [0.15, 0.2) is 0 Å². The highest BCUT2D eigenvalue weighted by atomic mass is 32.2. The molecule has 0 aliphatic carbocycles. The second kappa shape index (κ2) is 6.36. The Bertz CT molecular complexity index is 712. The number of benzene rings is 1. The lowest BCUT2D eigenvalue weighted by molar-refractivity contribution is 0.340. The highest BCUT2D eigenvalue weighted by molar-refractivity contribution is 7.89. The van der Waals surface area contributed by atoms with Crippen molar-refractivity contribution in [2.75, 3.05) is 13.2 Å². The van der Waals surface area contributed by atoms with Crippen LogP contribution in [0.15, 0.2) is 40.7 Å². The van der Waals surface area contributed by atoms with Crippen molar-refractivity contribution in [3.8, 4) is 5.75 Å². The third-order valence-electron chi connectivity index (χ3n) is 3.68. The Morgan fingerprint density at radius 1 is 1.36 bits per heavy atom. The smallest absolute Gasteiger partial charge is 0.243 e. The number of rotatable bonds is 5. The number of aromatic nitrogens is 1. The van der Waals surface area contributed by atoms with Crippen molar-refractivity contribution in [2.24, 2.45) is 0 Å². The number of thiazole rings is 1. The molecule has 118 valence electrons. The number of nitrogens with zero attached hydrogens (tertiary/aromatic N) is 2. The van der Waals surface area contributed by atoms with Gasteiger partial charge in [0.1, 0.15) is 10.8 Å². The Balaban J connectivity index is 1.88. The Hall–Kier alpha value is -1.44. The van der Waals surface area contributed by atoms with Crippen LogP contribution in [-0.4, -0.2) is 30.9 Å². The van der Waals surface area contributed by atoms with Crippen LogP contribution in [0.1, 0.15) is 30.8 Å². The summed E-state index contributed by atoms with van der Waals surface area (Å²) < 4.78 is 32.7. The average molecular weight is 338 g/mol. The van der Waals surface area contributed by atoms with Crippen molar-refractivity contribution in [2.45, 2.75) is 30.7 Å². The second-order valence-electron chi connectivity index (χ2n) is 5.05. The number of hydrogen-bond donors (Lipinski definition) is 0. The lowest BCUT2D eigenvalue weighted by atomic mass is 10.2. The molecule has 0 amide bonds. The number of hydrogen-bond acceptors (Lipinski definition) is 5. The van der Waals surface area contributed by atoms with Crippen LogP contribution in [-0.2, 0) is 10.0 Å². The fourth-order valence-corrected chi connectivity index (χ4v) is 5.20. The Kier molecular flexibility index (Phi) is 4.46. The minimum atomic E-state index is -3.50. The largest absolute Gasteiger partial charge is 0.494 e. The quantitative estimate of drug-likeness (QED) is 0.841. The molecule has 1 aliphatic heterocycles. The predicted octanol–water partition coefficient (Wildman–Crippen LogP) is 3.07. The van der Waals surface area contributed by atoms with E-state index in [0.717, 1.165) is 17.8 Å². The monoisotopic (exact) mass is 338 g/mol. The molecule has 1 fully saturated rings. The molecule has 1 aromatic carbocycles. The summed E-state index contributed by atoms with van der Waals surface area (Å²) in [5, 5.41) is 2.75. The van der Waals surface area contributed by atoms with Gasteiger partial charge in [0, 0.05) is 18.1 Å². The first-order chi connectivity index (χ1) is 10.6. The van der Waals surface area contributed by atoms with Crippen molar-refractivity contribution in [3.05, 3.63) is 40.8 Å². The zero-order chi connectivity index (χ0) is 15.6. The van der Waals surface area contributed by atoms with Gasteiger partial charge in [-0.15, -0.1) is 11.3 Å². The molecule has 22 heavy (non-hydrogen) atoms. The molecule has 1 aliphatic rings. The molecular formula is C15H18N2O3S2. The second-order valence-corrected chi connectivity index (χ2v) is 7.87. The Morgan fingerprint density at radius 3 is 2.77 bits per heavy atom. The normalized spacial score (nSPS) is 19.4. The van der Waals surface area contributed by atoms with E-state index in [4.69, 9.17) is 4.74 Å². The zero-order valence-electron chi connectivity index (χ0n) is 12.3. The molecule has 7 heteroatoms. The molecule has 0 bridgehead atoms. The van der Waals surface area contributed by atoms with E-state index in [1.54, 1.807) is 34.8 Å². The van der Waals surface area contributed by atoms with Gasteiger partial charge in [-0.25, -0.2) is 13.4 Å². The van der Waals surface area contributed by atoms with Gasteiger partial charge in [0.25, 0.3) is 0 Å². The van der Waals surface area contributed by atoms with Crippen LogP contribution in [0.5, 0.6) is 5.75 Å². The third kappa shape index (κ3) is 2.88. The van der Waals surface area contributed by atoms with Crippen molar-refractivity contribution < 1.29 is 13.2 Å². The van der Waals surface area contributed by atoms with Crippen LogP contribution >= 0.6 is 11.3 Å². The SMILES string of the molecule is CCOc1ccc(S(=O)(=O)N2CCCC2c2nccs2)cc1. The van der Waals surface area contributed by atoms with Crippen molar-refractivity contribution >= 4 is 21.4 Å². The minimum absolute atomic E-state index is 0.142. The van der Waals surface area contributed by atoms with E-state index in [1.807, 2.05) is 12.3 Å². The van der Waals surface area contributed by atoms with Gasteiger partial charge in [0.05, 0.1) is 17.5 Å². The van der Waals surface area contributed by atoms with Gasteiger partial charge in [-0.1, -0.05) is 0 Å². The van der Waals surface area contributed by atoms with E-state index in [-0.39, 0.29) is 6.04 Å². The molecule has 5 nitrogen and oxygen atoms in total. The highest BCUT2D eigenvalue weighted by Gasteiger charge is 2.37. The minimum Gasteiger partial charge on any atom is -0.494 e. The van der Waals surface area contributed by atoms with Gasteiger partial charge in [-0.3, -0.25) is 0 Å². The molecule has 0 N–H and O–H groups in total. The predicted molar refractivity (Wildman–Crippen MR) is 85.6 cm³/mol. The molecule has 2 heterocycles. The first kappa shape index (κ1) is 15.5. The first-order valence-electron chi connectivity index (χ1n) is 7.27. The van der Waals surface area contributed by atoms with Crippen LogP contribution in [0, 0.1) is 0 Å². The highest BCUT2D eigenvalue weighted by Crippen LogP contribution is 2.37. The van der Waals surface area contributed by atoms with E-state index in [0.29, 0.717) is 23.8 Å². The molecule has 0 saturated carbocycles. The van der Waals surface area contributed by atoms with Gasteiger partial charge in [-0.2, -0.15) is 4.31 Å². The molecular weight excluding hydrogens is 320 g/mol. The van der Waals surface area contributed by atoms with Crippen LogP contribution in [0.2, 0.25) is 0 Å². The summed E-state index contributed by atoms with van der Waals surface area (Å²) in [6, 6.07) is 6.47. The maximum atomic E-state index is 12.9. The van der Waals surface area contributed by atoms with E-state index < -0.39 is 10.0 Å². The molecule has 0 spiro atoms. The van der Waals surface area contributed by atoms with Crippen LogP contribution in [0.3, 0.4) is 0 Å². The summed E-state index contributed by atoms with van der Waals surface area (Å²) in [4.78, 5) is 4.59. The molecule has 1 aromatic heterocycles. The van der Waals surface area contributed by atoms with Crippen LogP contribution < -0.4 is 4.74 Å². The summed E-state index contributed by atoms with van der Waals surface area (Å²) in [6.45, 7) is 3.00. The summed E-state index contributed by atoms with van der Waals surface area (Å²) in [7, 11) is -3.50. The van der Waals surface area contributed by atoms with Crippen molar-refractivity contribution in [1.82, 2.24) is 9.29 Å². The molecule has 2 aromatic rings. The van der Waals surface area contributed by atoms with Crippen molar-refractivity contribution in [1.29, 1.82) is 0 Å². The van der Waals surface area contributed by atoms with Crippen LogP contribution in [0.4, 0.5) is 0 Å². The summed E-state index contributed by atoms with van der Waals surface area (Å²) in [5.74, 6) is 0.680. The summed E-state index contributed by atoms with van der Waals surface area (Å²) >= 11 is 1.51. The van der Waals surface area contributed by atoms with Crippen LogP contribution in [0.25, 0.3) is 0 Å². The Morgan fingerprint density at radius 2 is 2.14 bits per heavy atom. The summed E-state index contributed by atoms with van der Waals surface area (Å²) in [6.07, 6.45) is 3.41. The number of ether oxygens (including phenoxy) is 1. The third-order valence-corrected chi connectivity index (χ3v) is 6.48. The van der Waals surface area contributed by atoms with E-state index in [1.165, 1.54) is 11.3 Å². The lowest BCUT2D eigenvalue weighted by Crippen LogP contribution is -2.30. The molecule has 0 radical (unpaired) electrons. The Labute approximate surface area is 134 Å².